The number of hydrogen-bond donors (Lipinski definition) is 1. The van der Waals surface area contributed by atoms with Gasteiger partial charge in [-0.3, -0.25) is 5.32 Å². The lowest BCUT2D eigenvalue weighted by atomic mass is 10.3. The summed E-state index contributed by atoms with van der Waals surface area (Å²) < 4.78 is 10.1. The predicted octanol–water partition coefficient (Wildman–Crippen LogP) is 3.84. The van der Waals surface area contributed by atoms with Gasteiger partial charge in [0.25, 0.3) is 0 Å². The lowest BCUT2D eigenvalue weighted by Gasteiger charge is -2.13. The van der Waals surface area contributed by atoms with Crippen LogP contribution in [0.5, 0.6) is 5.75 Å². The summed E-state index contributed by atoms with van der Waals surface area (Å²) >= 11 is 5.77. The summed E-state index contributed by atoms with van der Waals surface area (Å²) in [6.07, 6.45) is -0.679. The van der Waals surface area contributed by atoms with E-state index in [9.17, 15) is 4.79 Å². The van der Waals surface area contributed by atoms with Gasteiger partial charge < -0.3 is 9.47 Å². The summed E-state index contributed by atoms with van der Waals surface area (Å²) in [5.74, 6) is -0.666. The van der Waals surface area contributed by atoms with Crippen LogP contribution in [0.3, 0.4) is 0 Å². The minimum atomic E-state index is -1.19. The van der Waals surface area contributed by atoms with Gasteiger partial charge in [-0.15, -0.1) is 0 Å². The molecule has 1 N–H and O–H groups in total. The molecule has 2 aromatic carbocycles. The van der Waals surface area contributed by atoms with Crippen molar-refractivity contribution in [3.8, 4) is 5.75 Å². The van der Waals surface area contributed by atoms with Crippen molar-refractivity contribution < 1.29 is 14.3 Å². The van der Waals surface area contributed by atoms with Crippen LogP contribution in [0.25, 0.3) is 0 Å². The number of halogens is 1. The number of carbonyl (C=O) groups is 1. The Balaban J connectivity index is 1.82. The number of para-hydroxylation sites is 2. The summed E-state index contributed by atoms with van der Waals surface area (Å²) in [5, 5.41) is 2.53. The second-order valence-corrected chi connectivity index (χ2v) is 3.96. The highest BCUT2D eigenvalue weighted by atomic mass is 35.5. The van der Waals surface area contributed by atoms with Gasteiger partial charge in [0.15, 0.2) is 0 Å². The fourth-order valence-electron chi connectivity index (χ4n) is 1.38. The molecule has 4 nitrogen and oxygen atoms in total. The quantitative estimate of drug-likeness (QED) is 0.682. The molecule has 2 aromatic rings. The van der Waals surface area contributed by atoms with Gasteiger partial charge in [-0.05, 0) is 35.9 Å². The second-order valence-electron chi connectivity index (χ2n) is 3.60. The van der Waals surface area contributed by atoms with E-state index >= 15 is 0 Å². The van der Waals surface area contributed by atoms with Crippen molar-refractivity contribution >= 4 is 23.4 Å². The molecule has 0 spiro atoms. The van der Waals surface area contributed by atoms with Crippen molar-refractivity contribution in [2.24, 2.45) is 0 Å². The maximum atomic E-state index is 11.5. The fourth-order valence-corrected chi connectivity index (χ4v) is 1.57. The lowest BCUT2D eigenvalue weighted by molar-refractivity contribution is 0.0348. The van der Waals surface area contributed by atoms with Crippen LogP contribution in [-0.2, 0) is 4.74 Å². The minimum absolute atomic E-state index is 0.523. The topological polar surface area (TPSA) is 47.6 Å². The van der Waals surface area contributed by atoms with E-state index in [1.54, 1.807) is 48.5 Å². The Labute approximate surface area is 115 Å². The molecule has 0 radical (unpaired) electrons. The van der Waals surface area contributed by atoms with E-state index in [2.05, 4.69) is 5.32 Å². The van der Waals surface area contributed by atoms with Gasteiger partial charge >= 0.3 is 11.8 Å². The van der Waals surface area contributed by atoms with Gasteiger partial charge in [-0.1, -0.05) is 36.4 Å². The van der Waals surface area contributed by atoms with E-state index in [0.717, 1.165) is 0 Å². The highest BCUT2D eigenvalue weighted by molar-refractivity contribution is 6.19. The Morgan fingerprint density at radius 1 is 1.00 bits per heavy atom. The molecule has 19 heavy (non-hydrogen) atoms. The molecule has 98 valence electrons. The Kier molecular flexibility index (Phi) is 4.64. The first kappa shape index (κ1) is 13.2. The molecule has 0 aliphatic carbocycles. The third kappa shape index (κ3) is 4.52. The van der Waals surface area contributed by atoms with Crippen LogP contribution in [0.4, 0.5) is 10.5 Å². The van der Waals surface area contributed by atoms with Gasteiger partial charge in [-0.2, -0.15) is 0 Å². The molecule has 1 atom stereocenters. The van der Waals surface area contributed by atoms with Gasteiger partial charge in [0, 0.05) is 5.69 Å². The Hall–Kier alpha value is -2.20. The fraction of sp³-hybridized carbons (Fsp3) is 0.0714. The van der Waals surface area contributed by atoms with Crippen LogP contribution in [0.2, 0.25) is 0 Å². The third-order valence-electron chi connectivity index (χ3n) is 2.19. The largest absolute Gasteiger partial charge is 0.442 e. The Morgan fingerprint density at radius 2 is 1.58 bits per heavy atom. The van der Waals surface area contributed by atoms with Crippen molar-refractivity contribution in [1.82, 2.24) is 0 Å². The molecule has 0 aromatic heterocycles. The normalized spacial score (nSPS) is 11.4. The molecular weight excluding hydrogens is 266 g/mol. The zero-order valence-corrected chi connectivity index (χ0v) is 10.7. The van der Waals surface area contributed by atoms with Crippen LogP contribution < -0.4 is 10.1 Å². The minimum Gasteiger partial charge on any atom is -0.442 e. The summed E-state index contributed by atoms with van der Waals surface area (Å²) in [5.41, 5.74) is 0.621. The van der Waals surface area contributed by atoms with E-state index < -0.39 is 11.8 Å². The zero-order chi connectivity index (χ0) is 13.5. The van der Waals surface area contributed by atoms with Crippen molar-refractivity contribution in [2.45, 2.75) is 5.75 Å². The number of carbonyl (C=O) groups excluding carboxylic acids is 1. The van der Waals surface area contributed by atoms with Crippen LogP contribution in [0.15, 0.2) is 60.7 Å². The molecule has 1 amide bonds. The average molecular weight is 278 g/mol. The number of nitrogens with one attached hydrogen (secondary N) is 1. The predicted molar refractivity (Wildman–Crippen MR) is 73.3 cm³/mol. The first-order valence-corrected chi connectivity index (χ1v) is 6.06. The summed E-state index contributed by atoms with van der Waals surface area (Å²) in [7, 11) is 0. The maximum absolute atomic E-state index is 11.5. The molecule has 0 fully saturated rings. The first-order chi connectivity index (χ1) is 9.24. The van der Waals surface area contributed by atoms with Crippen LogP contribution >= 0.6 is 11.6 Å². The smallest absolute Gasteiger partial charge is 0.415 e. The number of alkyl halides is 1. The molecule has 0 saturated carbocycles. The first-order valence-electron chi connectivity index (χ1n) is 5.62. The molecule has 1 unspecified atom stereocenters. The van der Waals surface area contributed by atoms with Crippen molar-refractivity contribution in [3.63, 3.8) is 0 Å². The highest BCUT2D eigenvalue weighted by Gasteiger charge is 2.12. The van der Waals surface area contributed by atoms with E-state index in [4.69, 9.17) is 21.1 Å². The third-order valence-corrected chi connectivity index (χ3v) is 2.37. The van der Waals surface area contributed by atoms with Gasteiger partial charge in [0.1, 0.15) is 5.75 Å². The van der Waals surface area contributed by atoms with E-state index in [1.165, 1.54) is 0 Å². The number of hydrogen-bond acceptors (Lipinski definition) is 3. The number of anilines is 1. The number of benzene rings is 2. The Bertz CT molecular complexity index is 519. The average Bonchev–Trinajstić information content (AvgIpc) is 2.40. The van der Waals surface area contributed by atoms with Gasteiger partial charge in [-0.25, -0.2) is 4.79 Å². The Morgan fingerprint density at radius 3 is 2.21 bits per heavy atom. The summed E-state index contributed by atoms with van der Waals surface area (Å²) in [6.45, 7) is 0. The van der Waals surface area contributed by atoms with Gasteiger partial charge in [0.05, 0.1) is 0 Å². The van der Waals surface area contributed by atoms with Crippen molar-refractivity contribution in [1.29, 1.82) is 0 Å². The summed E-state index contributed by atoms with van der Waals surface area (Å²) in [4.78, 5) is 11.5. The maximum Gasteiger partial charge on any atom is 0.415 e. The highest BCUT2D eigenvalue weighted by Crippen LogP contribution is 2.14. The second kappa shape index (κ2) is 6.66. The SMILES string of the molecule is O=C(Nc1ccccc1)OC(Cl)Oc1ccccc1. The molecule has 0 saturated heterocycles. The monoisotopic (exact) mass is 277 g/mol. The summed E-state index contributed by atoms with van der Waals surface area (Å²) in [6, 6.07) is 17.8. The van der Waals surface area contributed by atoms with E-state index in [0.29, 0.717) is 11.4 Å². The van der Waals surface area contributed by atoms with Crippen molar-refractivity contribution in [3.05, 3.63) is 60.7 Å². The molecular formula is C14H12ClNO3. The van der Waals surface area contributed by atoms with Crippen LogP contribution in [0.1, 0.15) is 0 Å². The molecule has 2 rings (SSSR count). The number of ether oxygens (including phenoxy) is 2. The zero-order valence-electron chi connectivity index (χ0n) is 9.95. The van der Waals surface area contributed by atoms with E-state index in [-0.39, 0.29) is 0 Å². The van der Waals surface area contributed by atoms with Crippen LogP contribution in [0, 0.1) is 0 Å². The molecule has 0 bridgehead atoms. The van der Waals surface area contributed by atoms with Crippen LogP contribution in [-0.4, -0.2) is 11.8 Å². The van der Waals surface area contributed by atoms with Gasteiger partial charge in [0.2, 0.25) is 0 Å². The molecule has 0 aliphatic rings. The lowest BCUT2D eigenvalue weighted by Crippen LogP contribution is -2.22. The molecule has 0 aliphatic heterocycles. The van der Waals surface area contributed by atoms with Crippen molar-refractivity contribution in [2.75, 3.05) is 5.32 Å². The number of amides is 1. The molecule has 0 heterocycles. The standard InChI is InChI=1S/C14H12ClNO3/c15-13(18-12-9-5-2-6-10-12)19-14(17)16-11-7-3-1-4-8-11/h1-10,13H,(H,16,17). The molecule has 5 heteroatoms. The van der Waals surface area contributed by atoms with E-state index in [1.807, 2.05) is 12.1 Å². The number of rotatable bonds is 4.